The van der Waals surface area contributed by atoms with E-state index in [9.17, 15) is 4.79 Å². The average molecular weight is 329 g/mol. The molecule has 7 heteroatoms. The lowest BCUT2D eigenvalue weighted by molar-refractivity contribution is 0.106. The third-order valence-corrected chi connectivity index (χ3v) is 3.15. The van der Waals surface area contributed by atoms with Gasteiger partial charge in [-0.05, 0) is 18.4 Å². The van der Waals surface area contributed by atoms with Crippen molar-refractivity contribution in [1.82, 2.24) is 9.97 Å². The molecule has 23 heavy (non-hydrogen) atoms. The number of hydrogen-bond donors (Lipinski definition) is 0. The van der Waals surface area contributed by atoms with Gasteiger partial charge in [0.25, 0.3) is 5.88 Å². The lowest BCUT2D eigenvalue weighted by Gasteiger charge is -2.03. The van der Waals surface area contributed by atoms with Crippen LogP contribution in [0.3, 0.4) is 0 Å². The summed E-state index contributed by atoms with van der Waals surface area (Å²) in [6.45, 7) is 3.95. The Morgan fingerprint density at radius 1 is 1.43 bits per heavy atom. The van der Waals surface area contributed by atoms with Gasteiger partial charge in [-0.3, -0.25) is 4.79 Å². The minimum atomic E-state index is -0.298. The van der Waals surface area contributed by atoms with E-state index < -0.39 is 0 Å². The summed E-state index contributed by atoms with van der Waals surface area (Å²) < 4.78 is 5.38. The predicted molar refractivity (Wildman–Crippen MR) is 89.4 cm³/mol. The molecule has 0 aliphatic carbocycles. The second-order valence-corrected chi connectivity index (χ2v) is 4.97. The molecule has 0 bridgehead atoms. The molecule has 6 nitrogen and oxygen atoms in total. The monoisotopic (exact) mass is 329 g/mol. The van der Waals surface area contributed by atoms with Gasteiger partial charge in [0.15, 0.2) is 5.16 Å². The lowest BCUT2D eigenvalue weighted by Crippen LogP contribution is -2.03. The SMILES string of the molecule is C=CCOc1cccc(C(=O)/C=N/Oc2ccnc(SC)n2)c1. The van der Waals surface area contributed by atoms with Crippen LogP contribution >= 0.6 is 11.8 Å². The Labute approximate surface area is 138 Å². The predicted octanol–water partition coefficient (Wildman–Crippen LogP) is 3.01. The van der Waals surface area contributed by atoms with Gasteiger partial charge in [0.2, 0.25) is 5.78 Å². The molecule has 0 N–H and O–H groups in total. The van der Waals surface area contributed by atoms with Crippen molar-refractivity contribution in [2.45, 2.75) is 5.16 Å². The fourth-order valence-electron chi connectivity index (χ4n) is 1.57. The molecule has 118 valence electrons. The van der Waals surface area contributed by atoms with E-state index in [0.29, 0.717) is 23.1 Å². The molecule has 0 amide bonds. The molecule has 0 unspecified atom stereocenters. The van der Waals surface area contributed by atoms with Gasteiger partial charge in [-0.25, -0.2) is 4.98 Å². The highest BCUT2D eigenvalue weighted by Gasteiger charge is 2.05. The molecule has 0 saturated heterocycles. The van der Waals surface area contributed by atoms with E-state index in [2.05, 4.69) is 21.7 Å². The number of carbonyl (C=O) groups excluding carboxylic acids is 1. The first-order valence-corrected chi connectivity index (χ1v) is 7.91. The molecule has 1 aromatic heterocycles. The van der Waals surface area contributed by atoms with Crippen molar-refractivity contribution in [3.63, 3.8) is 0 Å². The minimum Gasteiger partial charge on any atom is -0.490 e. The van der Waals surface area contributed by atoms with Gasteiger partial charge < -0.3 is 9.57 Å². The zero-order chi connectivity index (χ0) is 16.5. The molecular formula is C16H15N3O3S. The Morgan fingerprint density at radius 2 is 2.30 bits per heavy atom. The lowest BCUT2D eigenvalue weighted by atomic mass is 10.1. The highest BCUT2D eigenvalue weighted by molar-refractivity contribution is 7.98. The van der Waals surface area contributed by atoms with Gasteiger partial charge >= 0.3 is 0 Å². The summed E-state index contributed by atoms with van der Waals surface area (Å²) in [6, 6.07) is 8.36. The number of aromatic nitrogens is 2. The number of rotatable bonds is 8. The fraction of sp³-hybridized carbons (Fsp3) is 0.125. The van der Waals surface area contributed by atoms with Crippen LogP contribution in [0.25, 0.3) is 0 Å². The maximum absolute atomic E-state index is 12.0. The zero-order valence-corrected chi connectivity index (χ0v) is 13.3. The number of Topliss-reactive ketones (excluding diaryl/α,β-unsaturated/α-hetero) is 1. The number of nitrogens with zero attached hydrogens (tertiary/aromatic N) is 3. The number of hydrogen-bond acceptors (Lipinski definition) is 7. The van der Waals surface area contributed by atoms with Crippen molar-refractivity contribution < 1.29 is 14.4 Å². The first-order valence-electron chi connectivity index (χ1n) is 6.68. The Morgan fingerprint density at radius 3 is 3.09 bits per heavy atom. The first kappa shape index (κ1) is 16.7. The standard InChI is InChI=1S/C16H15N3O3S/c1-3-9-21-13-6-4-5-12(10-13)14(20)11-18-22-15-7-8-17-16(19-15)23-2/h3-8,10-11H,1,9H2,2H3/b18-11+. The van der Waals surface area contributed by atoms with Gasteiger partial charge in [-0.2, -0.15) is 4.98 Å². The summed E-state index contributed by atoms with van der Waals surface area (Å²) in [7, 11) is 0. The van der Waals surface area contributed by atoms with Gasteiger partial charge in [0.05, 0.1) is 0 Å². The van der Waals surface area contributed by atoms with Crippen LogP contribution in [0.4, 0.5) is 0 Å². The first-order chi connectivity index (χ1) is 11.2. The molecule has 0 atom stereocenters. The molecule has 1 heterocycles. The molecule has 0 aliphatic heterocycles. The molecule has 2 aromatic rings. The number of thioether (sulfide) groups is 1. The smallest absolute Gasteiger partial charge is 0.252 e. The van der Waals surface area contributed by atoms with Crippen LogP contribution in [0.15, 0.2) is 59.5 Å². The number of ether oxygens (including phenoxy) is 1. The molecule has 0 spiro atoms. The third-order valence-electron chi connectivity index (χ3n) is 2.59. The fourth-order valence-corrected chi connectivity index (χ4v) is 1.92. The summed E-state index contributed by atoms with van der Waals surface area (Å²) in [5, 5.41) is 4.22. The maximum atomic E-state index is 12.0. The molecule has 0 fully saturated rings. The summed E-state index contributed by atoms with van der Waals surface area (Å²) >= 11 is 1.39. The van der Waals surface area contributed by atoms with Crippen molar-refractivity contribution in [3.05, 3.63) is 54.7 Å². The quantitative estimate of drug-likeness (QED) is 0.185. The number of ketones is 1. The molecule has 1 aromatic carbocycles. The molecule has 0 aliphatic rings. The van der Waals surface area contributed by atoms with Crippen molar-refractivity contribution in [3.8, 4) is 11.6 Å². The molecule has 2 rings (SSSR count). The average Bonchev–Trinajstić information content (AvgIpc) is 2.60. The van der Waals surface area contributed by atoms with Gasteiger partial charge in [0, 0.05) is 17.8 Å². The number of carbonyl (C=O) groups is 1. The van der Waals surface area contributed by atoms with E-state index in [-0.39, 0.29) is 11.7 Å². The van der Waals surface area contributed by atoms with E-state index >= 15 is 0 Å². The van der Waals surface area contributed by atoms with Crippen LogP contribution in [0.5, 0.6) is 11.6 Å². The summed E-state index contributed by atoms with van der Waals surface area (Å²) in [6.07, 6.45) is 6.14. The van der Waals surface area contributed by atoms with E-state index in [0.717, 1.165) is 6.21 Å². The molecular weight excluding hydrogens is 314 g/mol. The van der Waals surface area contributed by atoms with Gasteiger partial charge in [-0.1, -0.05) is 41.7 Å². The topological polar surface area (TPSA) is 73.7 Å². The third kappa shape index (κ3) is 5.23. The van der Waals surface area contributed by atoms with Crippen LogP contribution in [-0.2, 0) is 0 Å². The van der Waals surface area contributed by atoms with Crippen molar-refractivity contribution in [2.24, 2.45) is 5.16 Å². The van der Waals surface area contributed by atoms with E-state index in [1.807, 2.05) is 6.26 Å². The Bertz CT molecular complexity index is 719. The minimum absolute atomic E-state index is 0.275. The van der Waals surface area contributed by atoms with Gasteiger partial charge in [0.1, 0.15) is 18.6 Å². The normalized spacial score (nSPS) is 10.5. The Kier molecular flexibility index (Phi) is 6.31. The number of oxime groups is 1. The van der Waals surface area contributed by atoms with E-state index in [1.54, 1.807) is 42.6 Å². The summed E-state index contributed by atoms with van der Waals surface area (Å²) in [5.41, 5.74) is 0.450. The summed E-state index contributed by atoms with van der Waals surface area (Å²) in [4.78, 5) is 25.2. The highest BCUT2D eigenvalue weighted by atomic mass is 32.2. The van der Waals surface area contributed by atoms with Crippen LogP contribution in [0.1, 0.15) is 10.4 Å². The molecule has 0 radical (unpaired) electrons. The van der Waals surface area contributed by atoms with Crippen LogP contribution in [0, 0.1) is 0 Å². The number of benzene rings is 1. The van der Waals surface area contributed by atoms with Crippen molar-refractivity contribution in [2.75, 3.05) is 12.9 Å². The second-order valence-electron chi connectivity index (χ2n) is 4.20. The Balaban J connectivity index is 1.99. The Hall–Kier alpha value is -2.67. The van der Waals surface area contributed by atoms with Crippen LogP contribution in [-0.4, -0.2) is 34.8 Å². The van der Waals surface area contributed by atoms with Gasteiger partial charge in [-0.15, -0.1) is 0 Å². The van der Waals surface area contributed by atoms with E-state index in [4.69, 9.17) is 9.57 Å². The highest BCUT2D eigenvalue weighted by Crippen LogP contribution is 2.14. The van der Waals surface area contributed by atoms with E-state index in [1.165, 1.54) is 11.8 Å². The molecule has 0 saturated carbocycles. The largest absolute Gasteiger partial charge is 0.490 e. The maximum Gasteiger partial charge on any atom is 0.252 e. The van der Waals surface area contributed by atoms with Crippen LogP contribution in [0.2, 0.25) is 0 Å². The van der Waals surface area contributed by atoms with Crippen molar-refractivity contribution >= 4 is 23.8 Å². The zero-order valence-electron chi connectivity index (χ0n) is 12.5. The summed E-state index contributed by atoms with van der Waals surface area (Å²) in [5.74, 6) is 0.565. The second kappa shape index (κ2) is 8.70. The van der Waals surface area contributed by atoms with Crippen LogP contribution < -0.4 is 9.57 Å². The van der Waals surface area contributed by atoms with Crippen molar-refractivity contribution in [1.29, 1.82) is 0 Å².